The lowest BCUT2D eigenvalue weighted by atomic mass is 9.73. The third kappa shape index (κ3) is 2.27. The van der Waals surface area contributed by atoms with E-state index in [0.29, 0.717) is 12.3 Å². The molecule has 0 aromatic carbocycles. The highest BCUT2D eigenvalue weighted by Gasteiger charge is 2.69. The number of hydrogen-bond acceptors (Lipinski definition) is 5. The van der Waals surface area contributed by atoms with Crippen LogP contribution < -0.4 is 0 Å². The molecule has 0 amide bonds. The average Bonchev–Trinajstić information content (AvgIpc) is 2.92. The van der Waals surface area contributed by atoms with E-state index < -0.39 is 5.60 Å². The Hall–Kier alpha value is -1.39. The van der Waals surface area contributed by atoms with E-state index in [2.05, 4.69) is 0 Å². The Morgan fingerprint density at radius 2 is 2.05 bits per heavy atom. The van der Waals surface area contributed by atoms with Crippen molar-refractivity contribution >= 4 is 17.7 Å². The van der Waals surface area contributed by atoms with Crippen molar-refractivity contribution in [3.8, 4) is 0 Å². The summed E-state index contributed by atoms with van der Waals surface area (Å²) >= 11 is 0. The van der Waals surface area contributed by atoms with Gasteiger partial charge in [-0.15, -0.1) is 0 Å². The van der Waals surface area contributed by atoms with Crippen LogP contribution in [0.5, 0.6) is 0 Å². The molecular formula is C16H22O5. The lowest BCUT2D eigenvalue weighted by molar-refractivity contribution is -0.220. The maximum atomic E-state index is 12.0. The second-order valence-electron chi connectivity index (χ2n) is 6.75. The Kier molecular flexibility index (Phi) is 3.54. The van der Waals surface area contributed by atoms with E-state index in [1.165, 1.54) is 0 Å². The minimum Gasteiger partial charge on any atom is -0.458 e. The second kappa shape index (κ2) is 5.11. The molecule has 21 heavy (non-hydrogen) atoms. The van der Waals surface area contributed by atoms with Crippen molar-refractivity contribution in [2.75, 3.05) is 0 Å². The molecule has 0 aromatic heterocycles. The van der Waals surface area contributed by atoms with E-state index in [9.17, 15) is 14.4 Å². The van der Waals surface area contributed by atoms with Crippen molar-refractivity contribution in [1.29, 1.82) is 0 Å². The molecule has 116 valence electrons. The average molecular weight is 294 g/mol. The molecule has 5 heteroatoms. The Bertz CT molecular complexity index is 481. The molecule has 4 bridgehead atoms. The number of carbonyl (C=O) groups excluding carboxylic acids is 3. The molecule has 4 fully saturated rings. The van der Waals surface area contributed by atoms with Crippen LogP contribution in [0, 0.1) is 17.8 Å². The summed E-state index contributed by atoms with van der Waals surface area (Å²) in [5.74, 6) is -0.0807. The van der Waals surface area contributed by atoms with Crippen LogP contribution in [0.15, 0.2) is 0 Å². The number of carbonyl (C=O) groups is 3. The maximum Gasteiger partial charge on any atom is 0.309 e. The second-order valence-corrected chi connectivity index (χ2v) is 6.75. The van der Waals surface area contributed by atoms with Crippen molar-refractivity contribution in [3.63, 3.8) is 0 Å². The molecule has 2 heterocycles. The topological polar surface area (TPSA) is 69.7 Å². The molecule has 5 atom stereocenters. The smallest absolute Gasteiger partial charge is 0.309 e. The number of ketones is 1. The Balaban J connectivity index is 1.59. The van der Waals surface area contributed by atoms with Gasteiger partial charge < -0.3 is 9.47 Å². The van der Waals surface area contributed by atoms with Gasteiger partial charge in [-0.05, 0) is 26.2 Å². The molecule has 2 saturated carbocycles. The minimum absolute atomic E-state index is 0.0871. The zero-order valence-corrected chi connectivity index (χ0v) is 12.6. The van der Waals surface area contributed by atoms with Crippen LogP contribution in [0.4, 0.5) is 0 Å². The monoisotopic (exact) mass is 294 g/mol. The van der Waals surface area contributed by atoms with Crippen molar-refractivity contribution in [2.24, 2.45) is 17.8 Å². The third-order valence-electron chi connectivity index (χ3n) is 5.34. The summed E-state index contributed by atoms with van der Waals surface area (Å²) in [6.07, 6.45) is 3.15. The lowest BCUT2D eigenvalue weighted by Crippen LogP contribution is -2.59. The summed E-state index contributed by atoms with van der Waals surface area (Å²) < 4.78 is 11.1. The van der Waals surface area contributed by atoms with Crippen LogP contribution in [-0.4, -0.2) is 29.4 Å². The normalized spacial score (nSPS) is 39.4. The number of fused-ring (bicyclic) bond motifs is 1. The quantitative estimate of drug-likeness (QED) is 0.701. The van der Waals surface area contributed by atoms with Crippen LogP contribution in [-0.2, 0) is 23.9 Å². The van der Waals surface area contributed by atoms with Crippen molar-refractivity contribution in [3.05, 3.63) is 0 Å². The molecule has 5 nitrogen and oxygen atoms in total. The van der Waals surface area contributed by atoms with Crippen LogP contribution in [0.3, 0.4) is 0 Å². The first-order chi connectivity index (χ1) is 9.95. The molecule has 0 aromatic rings. The van der Waals surface area contributed by atoms with Crippen LogP contribution in [0.2, 0.25) is 0 Å². The molecule has 5 unspecified atom stereocenters. The Labute approximate surface area is 124 Å². The van der Waals surface area contributed by atoms with Gasteiger partial charge in [0.05, 0.1) is 12.3 Å². The largest absolute Gasteiger partial charge is 0.458 e. The fourth-order valence-corrected chi connectivity index (χ4v) is 4.40. The van der Waals surface area contributed by atoms with Gasteiger partial charge in [0.25, 0.3) is 0 Å². The zero-order chi connectivity index (χ0) is 15.2. The predicted octanol–water partition coefficient (Wildman–Crippen LogP) is 2.02. The summed E-state index contributed by atoms with van der Waals surface area (Å²) in [5, 5.41) is 0. The van der Waals surface area contributed by atoms with E-state index in [-0.39, 0.29) is 48.5 Å². The van der Waals surface area contributed by atoms with Gasteiger partial charge in [0.2, 0.25) is 0 Å². The van der Waals surface area contributed by atoms with E-state index >= 15 is 0 Å². The summed E-state index contributed by atoms with van der Waals surface area (Å²) in [5.41, 5.74) is -0.688. The van der Waals surface area contributed by atoms with E-state index in [1.54, 1.807) is 0 Å². The molecular weight excluding hydrogens is 272 g/mol. The van der Waals surface area contributed by atoms with Crippen LogP contribution in [0.25, 0.3) is 0 Å². The first kappa shape index (κ1) is 14.5. The fourth-order valence-electron chi connectivity index (χ4n) is 4.40. The van der Waals surface area contributed by atoms with Gasteiger partial charge in [-0.3, -0.25) is 14.4 Å². The molecule has 2 aliphatic heterocycles. The van der Waals surface area contributed by atoms with Gasteiger partial charge in [-0.1, -0.05) is 6.92 Å². The first-order valence-electron chi connectivity index (χ1n) is 7.89. The summed E-state index contributed by atoms with van der Waals surface area (Å²) in [4.78, 5) is 35.3. The molecule has 4 aliphatic rings. The van der Waals surface area contributed by atoms with Gasteiger partial charge in [0, 0.05) is 24.7 Å². The highest BCUT2D eigenvalue weighted by atomic mass is 16.6. The summed E-state index contributed by atoms with van der Waals surface area (Å²) in [7, 11) is 0. The molecule has 2 saturated heterocycles. The summed E-state index contributed by atoms with van der Waals surface area (Å²) in [6.45, 7) is 3.82. The van der Waals surface area contributed by atoms with Gasteiger partial charge >= 0.3 is 11.9 Å². The fraction of sp³-hybridized carbons (Fsp3) is 0.812. The highest BCUT2D eigenvalue weighted by molar-refractivity contribution is 5.83. The molecule has 0 radical (unpaired) electrons. The predicted molar refractivity (Wildman–Crippen MR) is 73.2 cm³/mol. The Morgan fingerprint density at radius 1 is 1.29 bits per heavy atom. The van der Waals surface area contributed by atoms with E-state index in [4.69, 9.17) is 9.47 Å². The van der Waals surface area contributed by atoms with Gasteiger partial charge in [-0.2, -0.15) is 0 Å². The van der Waals surface area contributed by atoms with Crippen molar-refractivity contribution < 1.29 is 23.9 Å². The SMILES string of the molecule is CCCC(=O)CCC(=O)OC1(C)C2CC3CC2C(=O)OC31. The first-order valence-corrected chi connectivity index (χ1v) is 7.89. The lowest BCUT2D eigenvalue weighted by Gasteiger charge is -2.47. The number of esters is 2. The van der Waals surface area contributed by atoms with Crippen LogP contribution in [0.1, 0.15) is 52.4 Å². The summed E-state index contributed by atoms with van der Waals surface area (Å²) in [6, 6.07) is 0. The van der Waals surface area contributed by atoms with E-state index in [0.717, 1.165) is 19.3 Å². The van der Waals surface area contributed by atoms with Gasteiger partial charge in [0.1, 0.15) is 17.5 Å². The Morgan fingerprint density at radius 3 is 2.71 bits per heavy atom. The molecule has 2 aliphatic carbocycles. The molecule has 0 spiro atoms. The number of Topliss-reactive ketones (excluding diaryl/α,β-unsaturated/α-hetero) is 1. The number of rotatable bonds is 6. The van der Waals surface area contributed by atoms with Crippen LogP contribution >= 0.6 is 0 Å². The number of ether oxygens (including phenoxy) is 2. The van der Waals surface area contributed by atoms with Gasteiger partial charge in [-0.25, -0.2) is 0 Å². The maximum absolute atomic E-state index is 12.0. The molecule has 0 N–H and O–H groups in total. The third-order valence-corrected chi connectivity index (χ3v) is 5.34. The zero-order valence-electron chi connectivity index (χ0n) is 12.6. The number of hydrogen-bond donors (Lipinski definition) is 0. The van der Waals surface area contributed by atoms with Gasteiger partial charge in [0.15, 0.2) is 0 Å². The highest BCUT2D eigenvalue weighted by Crippen LogP contribution is 2.60. The van der Waals surface area contributed by atoms with E-state index in [1.807, 2.05) is 13.8 Å². The van der Waals surface area contributed by atoms with Crippen molar-refractivity contribution in [2.45, 2.75) is 64.1 Å². The standard InChI is InChI=1S/C16H22O5/c1-3-4-10(17)5-6-13(18)21-16(2)12-8-9-7-11(12)15(19)20-14(9)16/h9,11-12,14H,3-8H2,1-2H3. The minimum atomic E-state index is -0.688. The molecule has 4 rings (SSSR count). The van der Waals surface area contributed by atoms with Crippen molar-refractivity contribution in [1.82, 2.24) is 0 Å².